The van der Waals surface area contributed by atoms with Crippen molar-refractivity contribution in [3.63, 3.8) is 0 Å². The van der Waals surface area contributed by atoms with Crippen molar-refractivity contribution in [3.05, 3.63) is 66.6 Å². The van der Waals surface area contributed by atoms with Crippen LogP contribution < -0.4 is 0 Å². The van der Waals surface area contributed by atoms with E-state index in [0.717, 1.165) is 11.4 Å². The highest BCUT2D eigenvalue weighted by Crippen LogP contribution is 2.04. The zero-order valence-corrected chi connectivity index (χ0v) is 7.01. The molecule has 2 heterocycles. The third-order valence-corrected chi connectivity index (χ3v) is 1.59. The van der Waals surface area contributed by atoms with Crippen molar-refractivity contribution in [2.75, 3.05) is 0 Å². The predicted octanol–water partition coefficient (Wildman–Crippen LogP) is 1.95. The SMILES string of the molecule is [C](c1ccccn1)c1ccccn1. The summed E-state index contributed by atoms with van der Waals surface area (Å²) in [7, 11) is 0. The Balaban J connectivity index is 2.16. The lowest BCUT2D eigenvalue weighted by Crippen LogP contribution is -1.90. The average Bonchev–Trinajstić information content (AvgIpc) is 2.21. The van der Waals surface area contributed by atoms with Gasteiger partial charge in [0.2, 0.25) is 0 Å². The fourth-order valence-corrected chi connectivity index (χ4v) is 1.00. The van der Waals surface area contributed by atoms with Crippen LogP contribution in [-0.4, -0.2) is 9.97 Å². The van der Waals surface area contributed by atoms with Gasteiger partial charge < -0.3 is 0 Å². The predicted molar refractivity (Wildman–Crippen MR) is 49.9 cm³/mol. The van der Waals surface area contributed by atoms with Crippen LogP contribution in [0, 0.1) is 6.42 Å². The summed E-state index contributed by atoms with van der Waals surface area (Å²) < 4.78 is 0. The molecule has 2 aromatic heterocycles. The summed E-state index contributed by atoms with van der Waals surface area (Å²) in [5, 5.41) is 0. The molecule has 0 bridgehead atoms. The van der Waals surface area contributed by atoms with Crippen LogP contribution in [0.15, 0.2) is 48.8 Å². The van der Waals surface area contributed by atoms with Crippen molar-refractivity contribution in [2.45, 2.75) is 0 Å². The maximum absolute atomic E-state index is 4.12. The van der Waals surface area contributed by atoms with Gasteiger partial charge >= 0.3 is 0 Å². The molecule has 0 saturated heterocycles. The van der Waals surface area contributed by atoms with Gasteiger partial charge in [-0.2, -0.15) is 0 Å². The second-order valence-electron chi connectivity index (χ2n) is 2.55. The molecule has 2 nitrogen and oxygen atoms in total. The zero-order chi connectivity index (χ0) is 8.93. The topological polar surface area (TPSA) is 25.8 Å². The van der Waals surface area contributed by atoms with Gasteiger partial charge in [-0.05, 0) is 24.3 Å². The molecular formula is C11H8N2. The molecule has 0 aromatic carbocycles. The number of hydrogen-bond donors (Lipinski definition) is 0. The van der Waals surface area contributed by atoms with Crippen LogP contribution in [0.1, 0.15) is 11.4 Å². The molecule has 0 aliphatic carbocycles. The Morgan fingerprint density at radius 1 is 0.769 bits per heavy atom. The van der Waals surface area contributed by atoms with Gasteiger partial charge in [-0.25, -0.2) is 0 Å². The first kappa shape index (κ1) is 7.92. The van der Waals surface area contributed by atoms with E-state index in [1.54, 1.807) is 12.4 Å². The minimum atomic E-state index is 0.807. The van der Waals surface area contributed by atoms with E-state index in [0.29, 0.717) is 0 Å². The molecule has 2 radical (unpaired) electrons. The van der Waals surface area contributed by atoms with Crippen LogP contribution in [0.25, 0.3) is 0 Å². The molecule has 2 heteroatoms. The maximum atomic E-state index is 4.12. The van der Waals surface area contributed by atoms with E-state index in [1.807, 2.05) is 36.4 Å². The van der Waals surface area contributed by atoms with Crippen molar-refractivity contribution >= 4 is 0 Å². The lowest BCUT2D eigenvalue weighted by Gasteiger charge is -1.96. The van der Waals surface area contributed by atoms with Gasteiger partial charge in [-0.1, -0.05) is 12.1 Å². The summed E-state index contributed by atoms with van der Waals surface area (Å²) in [5.74, 6) is 0. The van der Waals surface area contributed by atoms with Crippen LogP contribution in [0.3, 0.4) is 0 Å². The maximum Gasteiger partial charge on any atom is 0.0909 e. The van der Waals surface area contributed by atoms with Gasteiger partial charge in [-0.15, -0.1) is 0 Å². The molecule has 0 aliphatic rings. The van der Waals surface area contributed by atoms with Crippen molar-refractivity contribution in [3.8, 4) is 0 Å². The number of rotatable bonds is 2. The van der Waals surface area contributed by atoms with Crippen LogP contribution in [0.5, 0.6) is 0 Å². The Morgan fingerprint density at radius 2 is 1.31 bits per heavy atom. The molecule has 0 saturated carbocycles. The fraction of sp³-hybridized carbons (Fsp3) is 0. The molecule has 0 N–H and O–H groups in total. The Bertz CT molecular complexity index is 319. The quantitative estimate of drug-likeness (QED) is 0.685. The monoisotopic (exact) mass is 168 g/mol. The smallest absolute Gasteiger partial charge is 0.0909 e. The molecular weight excluding hydrogens is 160 g/mol. The molecule has 2 rings (SSSR count). The van der Waals surface area contributed by atoms with E-state index in [9.17, 15) is 0 Å². The molecule has 0 spiro atoms. The van der Waals surface area contributed by atoms with Gasteiger partial charge in [0, 0.05) is 12.4 Å². The average molecular weight is 168 g/mol. The molecule has 0 unspecified atom stereocenters. The van der Waals surface area contributed by atoms with Crippen LogP contribution in [0.2, 0.25) is 0 Å². The van der Waals surface area contributed by atoms with Crippen molar-refractivity contribution in [2.24, 2.45) is 0 Å². The second kappa shape index (κ2) is 3.81. The Hall–Kier alpha value is -1.70. The fourth-order valence-electron chi connectivity index (χ4n) is 1.00. The highest BCUT2D eigenvalue weighted by Gasteiger charge is 1.97. The normalized spacial score (nSPS) is 9.85. The van der Waals surface area contributed by atoms with Gasteiger partial charge in [-0.3, -0.25) is 9.97 Å². The number of nitrogens with zero attached hydrogens (tertiary/aromatic N) is 2. The Kier molecular flexibility index (Phi) is 2.32. The van der Waals surface area contributed by atoms with E-state index >= 15 is 0 Å². The van der Waals surface area contributed by atoms with Gasteiger partial charge in [0.25, 0.3) is 0 Å². The second-order valence-corrected chi connectivity index (χ2v) is 2.55. The van der Waals surface area contributed by atoms with Crippen LogP contribution in [-0.2, 0) is 0 Å². The lowest BCUT2D eigenvalue weighted by molar-refractivity contribution is 1.15. The first-order chi connectivity index (χ1) is 6.45. The number of hydrogen-bond acceptors (Lipinski definition) is 2. The van der Waals surface area contributed by atoms with E-state index in [4.69, 9.17) is 0 Å². The van der Waals surface area contributed by atoms with Crippen molar-refractivity contribution in [1.29, 1.82) is 0 Å². The zero-order valence-electron chi connectivity index (χ0n) is 7.01. The molecule has 0 atom stereocenters. The first-order valence-corrected chi connectivity index (χ1v) is 4.04. The largest absolute Gasteiger partial charge is 0.260 e. The Morgan fingerprint density at radius 3 is 1.69 bits per heavy atom. The number of aromatic nitrogens is 2. The molecule has 62 valence electrons. The Labute approximate surface area is 77.3 Å². The van der Waals surface area contributed by atoms with E-state index in [2.05, 4.69) is 16.4 Å². The third-order valence-electron chi connectivity index (χ3n) is 1.59. The van der Waals surface area contributed by atoms with Gasteiger partial charge in [0.05, 0.1) is 17.8 Å². The van der Waals surface area contributed by atoms with E-state index < -0.39 is 0 Å². The highest BCUT2D eigenvalue weighted by molar-refractivity contribution is 5.26. The summed E-state index contributed by atoms with van der Waals surface area (Å²) in [5.41, 5.74) is 1.61. The number of pyridine rings is 2. The van der Waals surface area contributed by atoms with Crippen molar-refractivity contribution in [1.82, 2.24) is 9.97 Å². The van der Waals surface area contributed by atoms with Crippen LogP contribution >= 0.6 is 0 Å². The summed E-state index contributed by atoms with van der Waals surface area (Å²) in [6.07, 6.45) is 6.56. The summed E-state index contributed by atoms with van der Waals surface area (Å²) >= 11 is 0. The highest BCUT2D eigenvalue weighted by atomic mass is 14.7. The van der Waals surface area contributed by atoms with Crippen LogP contribution in [0.4, 0.5) is 0 Å². The van der Waals surface area contributed by atoms with E-state index in [1.165, 1.54) is 0 Å². The molecule has 2 aromatic rings. The molecule has 0 amide bonds. The first-order valence-electron chi connectivity index (χ1n) is 4.04. The van der Waals surface area contributed by atoms with E-state index in [-0.39, 0.29) is 0 Å². The molecule has 13 heavy (non-hydrogen) atoms. The molecule has 0 fully saturated rings. The minimum absolute atomic E-state index is 0.807. The molecule has 0 aliphatic heterocycles. The standard InChI is InChI=1S/C11H8N2/c1-3-7-12-10(5-1)9-11-6-2-4-8-13-11/h1-8H. The lowest BCUT2D eigenvalue weighted by atomic mass is 10.2. The van der Waals surface area contributed by atoms with Gasteiger partial charge in [0.1, 0.15) is 0 Å². The van der Waals surface area contributed by atoms with Gasteiger partial charge in [0.15, 0.2) is 0 Å². The summed E-state index contributed by atoms with van der Waals surface area (Å²) in [6.45, 7) is 0. The van der Waals surface area contributed by atoms with Crippen molar-refractivity contribution < 1.29 is 0 Å². The minimum Gasteiger partial charge on any atom is -0.260 e. The third kappa shape index (κ3) is 2.12. The summed E-state index contributed by atoms with van der Waals surface area (Å²) in [6, 6.07) is 11.4. The summed E-state index contributed by atoms with van der Waals surface area (Å²) in [4.78, 5) is 8.25.